The molecule has 94 valence electrons. The lowest BCUT2D eigenvalue weighted by atomic mass is 9.99. The minimum Gasteiger partial charge on any atom is -0.478 e. The Morgan fingerprint density at radius 2 is 1.94 bits per heavy atom. The largest absolute Gasteiger partial charge is 0.478 e. The summed E-state index contributed by atoms with van der Waals surface area (Å²) in [5, 5.41) is 8.60. The van der Waals surface area contributed by atoms with Gasteiger partial charge in [-0.3, -0.25) is 4.79 Å². The van der Waals surface area contributed by atoms with Crippen LogP contribution < -0.4 is 0 Å². The van der Waals surface area contributed by atoms with Crippen molar-refractivity contribution >= 4 is 17.8 Å². The fraction of sp³-hybridized carbons (Fsp3) is 0.200. The Hall–Kier alpha value is -2.16. The molecule has 0 spiro atoms. The zero-order chi connectivity index (χ0) is 13.5. The first-order chi connectivity index (χ1) is 8.50. The van der Waals surface area contributed by atoms with Crippen molar-refractivity contribution < 1.29 is 14.7 Å². The lowest BCUT2D eigenvalue weighted by Crippen LogP contribution is -2.02. The molecule has 1 rings (SSSR count). The molecule has 1 aromatic carbocycles. The number of allylic oxidation sites excluding steroid dienone is 1. The summed E-state index contributed by atoms with van der Waals surface area (Å²) < 4.78 is 0. The summed E-state index contributed by atoms with van der Waals surface area (Å²) in [5.41, 5.74) is 2.14. The molecular formula is C15H16O3. The molecule has 0 saturated carbocycles. The Bertz CT molecular complexity index is 498. The zero-order valence-electron chi connectivity index (χ0n) is 10.3. The van der Waals surface area contributed by atoms with E-state index < -0.39 is 5.97 Å². The third kappa shape index (κ3) is 4.37. The monoisotopic (exact) mass is 244 g/mol. The van der Waals surface area contributed by atoms with E-state index in [2.05, 4.69) is 6.58 Å². The zero-order valence-corrected chi connectivity index (χ0v) is 10.3. The number of hydrogen-bond donors (Lipinski definition) is 1. The van der Waals surface area contributed by atoms with Crippen LogP contribution in [0.3, 0.4) is 0 Å². The van der Waals surface area contributed by atoms with Crippen LogP contribution in [-0.4, -0.2) is 16.9 Å². The van der Waals surface area contributed by atoms with Crippen molar-refractivity contribution in [1.29, 1.82) is 0 Å². The maximum atomic E-state index is 12.0. The van der Waals surface area contributed by atoms with Crippen LogP contribution in [0, 0.1) is 0 Å². The molecule has 0 aliphatic carbocycles. The number of carboxylic acid groups (broad SMARTS) is 1. The van der Waals surface area contributed by atoms with Crippen LogP contribution in [0.1, 0.15) is 35.7 Å². The van der Waals surface area contributed by atoms with Crippen LogP contribution in [0.2, 0.25) is 0 Å². The summed E-state index contributed by atoms with van der Waals surface area (Å²) >= 11 is 0. The van der Waals surface area contributed by atoms with Crippen molar-refractivity contribution in [3.05, 3.63) is 53.6 Å². The highest BCUT2D eigenvalue weighted by molar-refractivity contribution is 6.00. The van der Waals surface area contributed by atoms with E-state index in [4.69, 9.17) is 5.11 Å². The van der Waals surface area contributed by atoms with E-state index in [1.165, 1.54) is 6.08 Å². The maximum Gasteiger partial charge on any atom is 0.328 e. The van der Waals surface area contributed by atoms with E-state index >= 15 is 0 Å². The second-order valence-corrected chi connectivity index (χ2v) is 4.14. The second kappa shape index (κ2) is 6.55. The van der Waals surface area contributed by atoms with Gasteiger partial charge in [-0.1, -0.05) is 29.8 Å². The van der Waals surface area contributed by atoms with Gasteiger partial charge in [0.15, 0.2) is 5.78 Å². The average molecular weight is 244 g/mol. The maximum absolute atomic E-state index is 12.0. The molecule has 0 radical (unpaired) electrons. The molecule has 0 atom stereocenters. The van der Waals surface area contributed by atoms with Gasteiger partial charge in [0.2, 0.25) is 0 Å². The molecule has 3 heteroatoms. The van der Waals surface area contributed by atoms with Gasteiger partial charge in [0.05, 0.1) is 0 Å². The Kier molecular flexibility index (Phi) is 5.06. The molecule has 0 aliphatic rings. The Morgan fingerprint density at radius 1 is 1.28 bits per heavy atom. The normalized spacial score (nSPS) is 10.5. The summed E-state index contributed by atoms with van der Waals surface area (Å²) in [6.45, 7) is 5.64. The molecule has 0 amide bonds. The van der Waals surface area contributed by atoms with Gasteiger partial charge in [0.1, 0.15) is 0 Å². The van der Waals surface area contributed by atoms with E-state index in [1.54, 1.807) is 24.3 Å². The topological polar surface area (TPSA) is 54.4 Å². The molecule has 0 bridgehead atoms. The SMILES string of the molecule is C=C(C)CCC(=O)c1ccccc1/C=C/C(=O)O. The highest BCUT2D eigenvalue weighted by Gasteiger charge is 2.09. The lowest BCUT2D eigenvalue weighted by Gasteiger charge is -2.04. The third-order valence-corrected chi connectivity index (χ3v) is 2.45. The van der Waals surface area contributed by atoms with Crippen molar-refractivity contribution in [3.63, 3.8) is 0 Å². The number of carbonyl (C=O) groups excluding carboxylic acids is 1. The van der Waals surface area contributed by atoms with E-state index in [-0.39, 0.29) is 5.78 Å². The summed E-state index contributed by atoms with van der Waals surface area (Å²) in [7, 11) is 0. The minimum absolute atomic E-state index is 0.00337. The summed E-state index contributed by atoms with van der Waals surface area (Å²) in [5.74, 6) is -1.03. The molecule has 0 aliphatic heterocycles. The predicted octanol–water partition coefficient (Wildman–Crippen LogP) is 3.32. The first-order valence-corrected chi connectivity index (χ1v) is 5.68. The van der Waals surface area contributed by atoms with E-state index in [0.717, 1.165) is 11.6 Å². The van der Waals surface area contributed by atoms with Gasteiger partial charge in [0.25, 0.3) is 0 Å². The molecule has 3 nitrogen and oxygen atoms in total. The number of hydrogen-bond acceptors (Lipinski definition) is 2. The van der Waals surface area contributed by atoms with Crippen molar-refractivity contribution in [2.45, 2.75) is 19.8 Å². The Labute approximate surface area is 106 Å². The number of ketones is 1. The number of carbonyl (C=O) groups is 2. The lowest BCUT2D eigenvalue weighted by molar-refractivity contribution is -0.131. The van der Waals surface area contributed by atoms with E-state index in [9.17, 15) is 9.59 Å². The Balaban J connectivity index is 2.91. The predicted molar refractivity (Wildman–Crippen MR) is 71.5 cm³/mol. The van der Waals surface area contributed by atoms with Gasteiger partial charge in [-0.15, -0.1) is 6.58 Å². The molecule has 0 unspecified atom stereocenters. The summed E-state index contributed by atoms with van der Waals surface area (Å²) in [4.78, 5) is 22.5. The second-order valence-electron chi connectivity index (χ2n) is 4.14. The van der Waals surface area contributed by atoms with Crippen molar-refractivity contribution in [1.82, 2.24) is 0 Å². The van der Waals surface area contributed by atoms with Gasteiger partial charge in [-0.2, -0.15) is 0 Å². The number of rotatable bonds is 6. The van der Waals surface area contributed by atoms with Crippen LogP contribution in [0.15, 0.2) is 42.5 Å². The first kappa shape index (κ1) is 13.9. The highest BCUT2D eigenvalue weighted by atomic mass is 16.4. The van der Waals surface area contributed by atoms with Crippen LogP contribution in [0.25, 0.3) is 6.08 Å². The molecule has 1 aromatic rings. The number of carboxylic acids is 1. The molecule has 0 aromatic heterocycles. The van der Waals surface area contributed by atoms with E-state index in [1.807, 2.05) is 6.92 Å². The van der Waals surface area contributed by atoms with Crippen molar-refractivity contribution in [2.24, 2.45) is 0 Å². The smallest absolute Gasteiger partial charge is 0.328 e. The van der Waals surface area contributed by atoms with Gasteiger partial charge < -0.3 is 5.11 Å². The van der Waals surface area contributed by atoms with Gasteiger partial charge in [0, 0.05) is 18.1 Å². The third-order valence-electron chi connectivity index (χ3n) is 2.45. The fourth-order valence-corrected chi connectivity index (χ4v) is 1.52. The minimum atomic E-state index is -1.03. The number of aliphatic carboxylic acids is 1. The molecular weight excluding hydrogens is 228 g/mol. The highest BCUT2D eigenvalue weighted by Crippen LogP contribution is 2.15. The van der Waals surface area contributed by atoms with Crippen molar-refractivity contribution in [2.75, 3.05) is 0 Å². The summed E-state index contributed by atoms with van der Waals surface area (Å²) in [6.07, 6.45) is 3.52. The average Bonchev–Trinajstić information content (AvgIpc) is 2.33. The van der Waals surface area contributed by atoms with Gasteiger partial charge >= 0.3 is 5.97 Å². The van der Waals surface area contributed by atoms with Crippen LogP contribution in [0.5, 0.6) is 0 Å². The van der Waals surface area contributed by atoms with E-state index in [0.29, 0.717) is 24.0 Å². The standard InChI is InChI=1S/C15H16O3/c1-11(2)7-9-14(16)13-6-4-3-5-12(13)8-10-15(17)18/h3-6,8,10H,1,7,9H2,2H3,(H,17,18)/b10-8+. The molecule has 1 N–H and O–H groups in total. The molecule has 0 saturated heterocycles. The number of Topliss-reactive ketones (excluding diaryl/α,β-unsaturated/α-hetero) is 1. The number of benzene rings is 1. The van der Waals surface area contributed by atoms with Gasteiger partial charge in [-0.25, -0.2) is 4.79 Å². The molecule has 18 heavy (non-hydrogen) atoms. The van der Waals surface area contributed by atoms with Gasteiger partial charge in [-0.05, 0) is 25.0 Å². The quantitative estimate of drug-likeness (QED) is 0.474. The first-order valence-electron chi connectivity index (χ1n) is 5.68. The van der Waals surface area contributed by atoms with Crippen LogP contribution in [-0.2, 0) is 4.79 Å². The van der Waals surface area contributed by atoms with Crippen molar-refractivity contribution in [3.8, 4) is 0 Å². The Morgan fingerprint density at radius 3 is 2.56 bits per heavy atom. The fourth-order valence-electron chi connectivity index (χ4n) is 1.52. The molecule has 0 heterocycles. The summed E-state index contributed by atoms with van der Waals surface area (Å²) in [6, 6.07) is 6.99. The van der Waals surface area contributed by atoms with Crippen LogP contribution in [0.4, 0.5) is 0 Å². The molecule has 0 fully saturated rings. The van der Waals surface area contributed by atoms with Crippen LogP contribution >= 0.6 is 0 Å².